The summed E-state index contributed by atoms with van der Waals surface area (Å²) in [5.74, 6) is 0.0434. The van der Waals surface area contributed by atoms with Gasteiger partial charge in [-0.1, -0.05) is 106 Å². The number of nitrogens with one attached hydrogen (secondary N) is 1. The molecule has 3 aromatic carbocycles. The van der Waals surface area contributed by atoms with E-state index in [0.717, 1.165) is 40.8 Å². The first-order valence-corrected chi connectivity index (χ1v) is 12.7. The molecule has 0 unspecified atom stereocenters. The second kappa shape index (κ2) is 9.79. The molecule has 2 aliphatic heterocycles. The highest BCUT2D eigenvalue weighted by Crippen LogP contribution is 2.35. The van der Waals surface area contributed by atoms with Crippen molar-refractivity contribution in [3.63, 3.8) is 0 Å². The normalized spacial score (nSPS) is 17.6. The number of benzene rings is 3. The van der Waals surface area contributed by atoms with Gasteiger partial charge in [-0.15, -0.1) is 0 Å². The van der Waals surface area contributed by atoms with Crippen LogP contribution in [0.3, 0.4) is 0 Å². The minimum atomic E-state index is -0.364. The molecule has 0 atom stereocenters. The fraction of sp³-hybridized carbons (Fsp3) is 0.281. The van der Waals surface area contributed by atoms with Crippen molar-refractivity contribution in [1.82, 2.24) is 10.4 Å². The lowest BCUT2D eigenvalue weighted by Crippen LogP contribution is -2.46. The van der Waals surface area contributed by atoms with Crippen molar-refractivity contribution in [2.75, 3.05) is 13.1 Å². The van der Waals surface area contributed by atoms with Crippen molar-refractivity contribution in [2.24, 2.45) is 0 Å². The maximum atomic E-state index is 13.4. The summed E-state index contributed by atoms with van der Waals surface area (Å²) in [5, 5.41) is 0. The van der Waals surface area contributed by atoms with Gasteiger partial charge >= 0.3 is 0 Å². The molecule has 0 radical (unpaired) electrons. The summed E-state index contributed by atoms with van der Waals surface area (Å²) in [4.78, 5) is 21.4. The molecular formula is C32H34N2O2. The molecule has 1 saturated heterocycles. The zero-order valence-electron chi connectivity index (χ0n) is 21.3. The van der Waals surface area contributed by atoms with E-state index >= 15 is 0 Å². The van der Waals surface area contributed by atoms with E-state index in [1.165, 1.54) is 5.56 Å². The van der Waals surface area contributed by atoms with Crippen molar-refractivity contribution < 1.29 is 9.63 Å². The van der Waals surface area contributed by atoms with Crippen molar-refractivity contribution in [3.8, 4) is 0 Å². The van der Waals surface area contributed by atoms with Crippen LogP contribution in [-0.4, -0.2) is 29.5 Å². The lowest BCUT2D eigenvalue weighted by atomic mass is 9.85. The van der Waals surface area contributed by atoms with E-state index in [0.29, 0.717) is 13.1 Å². The highest BCUT2D eigenvalue weighted by Gasteiger charge is 2.39. The topological polar surface area (TPSA) is 41.6 Å². The molecule has 3 aromatic rings. The molecule has 1 spiro atoms. The number of likely N-dealkylation sites (tertiary alicyclic amines) is 1. The Labute approximate surface area is 214 Å². The first kappa shape index (κ1) is 24.1. The van der Waals surface area contributed by atoms with Crippen LogP contribution >= 0.6 is 0 Å². The maximum absolute atomic E-state index is 13.4. The lowest BCUT2D eigenvalue weighted by Gasteiger charge is -2.36. The molecule has 0 saturated carbocycles. The van der Waals surface area contributed by atoms with E-state index in [1.54, 1.807) is 6.08 Å². The summed E-state index contributed by atoms with van der Waals surface area (Å²) in [7, 11) is 0. The van der Waals surface area contributed by atoms with E-state index in [1.807, 2.05) is 41.3 Å². The summed E-state index contributed by atoms with van der Waals surface area (Å²) in [5.41, 5.74) is 9.27. The average Bonchev–Trinajstić information content (AvgIpc) is 3.31. The van der Waals surface area contributed by atoms with Gasteiger partial charge in [0.1, 0.15) is 5.60 Å². The third kappa shape index (κ3) is 5.14. The molecule has 36 heavy (non-hydrogen) atoms. The SMILES string of the molecule is CC(C)(C)c1ccc(C(=CC(=O)N2CCC3(C=C(c4ccccc4)NO3)CC2)c2ccccc2)cc1. The van der Waals surface area contributed by atoms with E-state index in [-0.39, 0.29) is 16.9 Å². The Morgan fingerprint density at radius 3 is 2.06 bits per heavy atom. The summed E-state index contributed by atoms with van der Waals surface area (Å²) in [6.45, 7) is 7.94. The Morgan fingerprint density at radius 1 is 0.861 bits per heavy atom. The predicted octanol–water partition coefficient (Wildman–Crippen LogP) is 6.35. The molecule has 184 valence electrons. The van der Waals surface area contributed by atoms with Gasteiger partial charge in [-0.25, -0.2) is 0 Å². The number of hydrogen-bond acceptors (Lipinski definition) is 3. The van der Waals surface area contributed by atoms with Crippen LogP contribution in [-0.2, 0) is 15.0 Å². The van der Waals surface area contributed by atoms with Crippen LogP contribution in [0.25, 0.3) is 11.3 Å². The molecule has 0 aromatic heterocycles. The van der Waals surface area contributed by atoms with Crippen LogP contribution in [0.2, 0.25) is 0 Å². The molecule has 0 aliphatic carbocycles. The largest absolute Gasteiger partial charge is 0.339 e. The van der Waals surface area contributed by atoms with Gasteiger partial charge in [0.25, 0.3) is 0 Å². The Kier molecular flexibility index (Phi) is 6.55. The van der Waals surface area contributed by atoms with Crippen molar-refractivity contribution in [1.29, 1.82) is 0 Å². The number of amides is 1. The number of rotatable bonds is 4. The molecule has 2 heterocycles. The van der Waals surface area contributed by atoms with Gasteiger partial charge in [-0.2, -0.15) is 0 Å². The Morgan fingerprint density at radius 2 is 1.44 bits per heavy atom. The third-order valence-corrected chi connectivity index (χ3v) is 7.19. The van der Waals surface area contributed by atoms with Crippen LogP contribution in [0, 0.1) is 0 Å². The Hall–Kier alpha value is -3.63. The highest BCUT2D eigenvalue weighted by molar-refractivity contribution is 5.99. The molecule has 1 amide bonds. The number of hydrogen-bond donors (Lipinski definition) is 1. The zero-order valence-corrected chi connectivity index (χ0v) is 21.3. The summed E-state index contributed by atoms with van der Waals surface area (Å²) >= 11 is 0. The quantitative estimate of drug-likeness (QED) is 0.444. The first-order valence-electron chi connectivity index (χ1n) is 12.7. The number of carbonyl (C=O) groups excluding carboxylic acids is 1. The molecule has 4 heteroatoms. The second-order valence-corrected chi connectivity index (χ2v) is 10.8. The van der Waals surface area contributed by atoms with Crippen molar-refractivity contribution in [2.45, 2.75) is 44.6 Å². The van der Waals surface area contributed by atoms with Gasteiger partial charge in [0.05, 0.1) is 5.70 Å². The minimum Gasteiger partial charge on any atom is -0.339 e. The fourth-order valence-corrected chi connectivity index (χ4v) is 4.91. The highest BCUT2D eigenvalue weighted by atomic mass is 16.7. The van der Waals surface area contributed by atoms with E-state index in [4.69, 9.17) is 4.84 Å². The number of carbonyl (C=O) groups is 1. The lowest BCUT2D eigenvalue weighted by molar-refractivity contribution is -0.131. The monoisotopic (exact) mass is 478 g/mol. The van der Waals surface area contributed by atoms with Gasteiger partial charge in [-0.05, 0) is 39.3 Å². The zero-order chi connectivity index (χ0) is 25.2. The summed E-state index contributed by atoms with van der Waals surface area (Å²) in [6.07, 6.45) is 5.51. The van der Waals surface area contributed by atoms with Gasteiger partial charge in [0.2, 0.25) is 5.91 Å². The molecule has 4 nitrogen and oxygen atoms in total. The van der Waals surface area contributed by atoms with Crippen LogP contribution in [0.1, 0.15) is 55.9 Å². The number of nitrogens with zero attached hydrogens (tertiary/aromatic N) is 1. The van der Waals surface area contributed by atoms with E-state index in [9.17, 15) is 4.79 Å². The second-order valence-electron chi connectivity index (χ2n) is 10.8. The molecule has 1 fully saturated rings. The van der Waals surface area contributed by atoms with E-state index < -0.39 is 0 Å². The Bertz CT molecular complexity index is 1260. The van der Waals surface area contributed by atoms with Crippen molar-refractivity contribution >= 4 is 17.2 Å². The minimum absolute atomic E-state index is 0.0434. The van der Waals surface area contributed by atoms with Gasteiger partial charge in [-0.3, -0.25) is 15.1 Å². The number of hydroxylamine groups is 1. The van der Waals surface area contributed by atoms with Gasteiger partial charge in [0, 0.05) is 32.0 Å². The van der Waals surface area contributed by atoms with Crippen LogP contribution in [0.4, 0.5) is 0 Å². The van der Waals surface area contributed by atoms with Crippen LogP contribution in [0.5, 0.6) is 0 Å². The summed E-state index contributed by atoms with van der Waals surface area (Å²) in [6, 6.07) is 29.0. The molecule has 5 rings (SSSR count). The van der Waals surface area contributed by atoms with Gasteiger partial charge < -0.3 is 4.90 Å². The van der Waals surface area contributed by atoms with E-state index in [2.05, 4.69) is 80.9 Å². The van der Waals surface area contributed by atoms with Crippen LogP contribution in [0.15, 0.2) is 97.1 Å². The molecule has 1 N–H and O–H groups in total. The third-order valence-electron chi connectivity index (χ3n) is 7.19. The summed E-state index contributed by atoms with van der Waals surface area (Å²) < 4.78 is 0. The smallest absolute Gasteiger partial charge is 0.247 e. The fourth-order valence-electron chi connectivity index (χ4n) is 4.91. The number of piperidine rings is 1. The first-order chi connectivity index (χ1) is 17.3. The van der Waals surface area contributed by atoms with Crippen molar-refractivity contribution in [3.05, 3.63) is 119 Å². The Balaban J connectivity index is 1.34. The molecule has 0 bridgehead atoms. The molecule has 2 aliphatic rings. The standard InChI is InChI=1S/C32H34N2O2/c1-31(2,3)27-16-14-25(15-17-27)28(24-10-6-4-7-11-24)22-30(35)34-20-18-32(19-21-34)23-29(33-36-32)26-12-8-5-9-13-26/h4-17,22-23,33H,18-21H2,1-3H3. The van der Waals surface area contributed by atoms with Gasteiger partial charge in [0.15, 0.2) is 0 Å². The predicted molar refractivity (Wildman–Crippen MR) is 146 cm³/mol. The van der Waals surface area contributed by atoms with Crippen LogP contribution < -0.4 is 5.48 Å². The average molecular weight is 479 g/mol. The maximum Gasteiger partial charge on any atom is 0.247 e. The molecular weight excluding hydrogens is 444 g/mol.